The summed E-state index contributed by atoms with van der Waals surface area (Å²) < 4.78 is 4.89. The Morgan fingerprint density at radius 2 is 2.30 bits per heavy atom. The minimum absolute atomic E-state index is 0.319. The number of aromatic nitrogens is 2. The van der Waals surface area contributed by atoms with E-state index in [1.807, 2.05) is 11.8 Å². The van der Waals surface area contributed by atoms with Gasteiger partial charge in [0.1, 0.15) is 5.82 Å². The summed E-state index contributed by atoms with van der Waals surface area (Å²) in [6.07, 6.45) is 4.36. The van der Waals surface area contributed by atoms with Crippen LogP contribution in [-0.2, 0) is 17.7 Å². The Morgan fingerprint density at radius 1 is 1.40 bits per heavy atom. The van der Waals surface area contributed by atoms with Gasteiger partial charge in [-0.15, -0.1) is 0 Å². The third-order valence-electron chi connectivity index (χ3n) is 3.80. The molecule has 0 aliphatic carbocycles. The van der Waals surface area contributed by atoms with Crippen LogP contribution in [0.2, 0.25) is 0 Å². The zero-order valence-corrected chi connectivity index (χ0v) is 12.5. The molecule has 0 spiro atoms. The molecule has 1 aromatic heterocycles. The van der Waals surface area contributed by atoms with Gasteiger partial charge in [0, 0.05) is 12.1 Å². The van der Waals surface area contributed by atoms with Crippen LogP contribution in [-0.4, -0.2) is 35.3 Å². The predicted octanol–water partition coefficient (Wildman–Crippen LogP) is 1.87. The topological polar surface area (TPSA) is 64.1 Å². The molecule has 1 saturated heterocycles. The summed E-state index contributed by atoms with van der Waals surface area (Å²) in [6, 6.07) is 0. The number of ether oxygens (including phenoxy) is 1. The molecule has 108 valence electrons. The average Bonchev–Trinajstić information content (AvgIpc) is 2.54. The van der Waals surface area contributed by atoms with E-state index in [2.05, 4.69) is 10.3 Å². The largest absolute Gasteiger partial charge is 0.464 e. The van der Waals surface area contributed by atoms with Crippen LogP contribution in [0.15, 0.2) is 0 Å². The highest BCUT2D eigenvalue weighted by molar-refractivity contribution is 7.99. The molecule has 1 atom stereocenters. The lowest BCUT2D eigenvalue weighted by atomic mass is 10.0. The summed E-state index contributed by atoms with van der Waals surface area (Å²) in [7, 11) is 1.41. The number of hydrogen-bond donors (Lipinski definition) is 1. The summed E-state index contributed by atoms with van der Waals surface area (Å²) >= 11 is 1.90. The van der Waals surface area contributed by atoms with Gasteiger partial charge in [0.05, 0.1) is 18.1 Å². The quantitative estimate of drug-likeness (QED) is 0.840. The SMILES string of the molecule is COC(=O)c1nc(C2CCCCS2)nc2c1CCNC2. The highest BCUT2D eigenvalue weighted by Crippen LogP contribution is 2.37. The maximum Gasteiger partial charge on any atom is 0.357 e. The Hall–Kier alpha value is -1.14. The number of nitrogens with zero attached hydrogens (tertiary/aromatic N) is 2. The maximum absolute atomic E-state index is 12.0. The summed E-state index contributed by atoms with van der Waals surface area (Å²) in [6.45, 7) is 1.57. The number of esters is 1. The minimum Gasteiger partial charge on any atom is -0.464 e. The molecule has 2 aliphatic heterocycles. The molecule has 1 unspecified atom stereocenters. The third-order valence-corrected chi connectivity index (χ3v) is 5.17. The van der Waals surface area contributed by atoms with Crippen molar-refractivity contribution in [3.8, 4) is 0 Å². The van der Waals surface area contributed by atoms with Crippen LogP contribution in [0, 0.1) is 0 Å². The minimum atomic E-state index is -0.340. The van der Waals surface area contributed by atoms with E-state index >= 15 is 0 Å². The van der Waals surface area contributed by atoms with Gasteiger partial charge in [-0.1, -0.05) is 6.42 Å². The first-order valence-corrected chi connectivity index (χ1v) is 8.15. The van der Waals surface area contributed by atoms with E-state index in [1.165, 1.54) is 20.0 Å². The fraction of sp³-hybridized carbons (Fsp3) is 0.643. The molecule has 1 fully saturated rings. The van der Waals surface area contributed by atoms with Gasteiger partial charge in [-0.25, -0.2) is 14.8 Å². The van der Waals surface area contributed by atoms with E-state index in [4.69, 9.17) is 9.72 Å². The van der Waals surface area contributed by atoms with Crippen molar-refractivity contribution in [2.24, 2.45) is 0 Å². The summed E-state index contributed by atoms with van der Waals surface area (Å²) in [5, 5.41) is 3.62. The molecule has 6 heteroatoms. The monoisotopic (exact) mass is 293 g/mol. The Balaban J connectivity index is 2.00. The van der Waals surface area contributed by atoms with Crippen LogP contribution in [0.1, 0.15) is 52.1 Å². The van der Waals surface area contributed by atoms with Crippen molar-refractivity contribution in [2.75, 3.05) is 19.4 Å². The first-order valence-electron chi connectivity index (χ1n) is 7.10. The molecule has 0 aromatic carbocycles. The van der Waals surface area contributed by atoms with E-state index in [1.54, 1.807) is 0 Å². The highest BCUT2D eigenvalue weighted by atomic mass is 32.2. The van der Waals surface area contributed by atoms with E-state index in [9.17, 15) is 4.79 Å². The van der Waals surface area contributed by atoms with Crippen LogP contribution >= 0.6 is 11.8 Å². The number of carbonyl (C=O) groups excluding carboxylic acids is 1. The second kappa shape index (κ2) is 6.10. The zero-order chi connectivity index (χ0) is 13.9. The van der Waals surface area contributed by atoms with Crippen LogP contribution < -0.4 is 5.32 Å². The molecule has 0 radical (unpaired) electrons. The number of fused-ring (bicyclic) bond motifs is 1. The average molecular weight is 293 g/mol. The Kier molecular flexibility index (Phi) is 4.21. The van der Waals surface area contributed by atoms with Crippen LogP contribution in [0.4, 0.5) is 0 Å². The Morgan fingerprint density at radius 3 is 3.05 bits per heavy atom. The summed E-state index contributed by atoms with van der Waals surface area (Å²) in [5.41, 5.74) is 2.40. The van der Waals surface area contributed by atoms with Crippen LogP contribution in [0.25, 0.3) is 0 Å². The van der Waals surface area contributed by atoms with Crippen molar-refractivity contribution in [1.29, 1.82) is 0 Å². The van der Waals surface area contributed by atoms with Gasteiger partial charge < -0.3 is 10.1 Å². The second-order valence-corrected chi connectivity index (χ2v) is 6.44. The smallest absolute Gasteiger partial charge is 0.357 e. The van der Waals surface area contributed by atoms with Gasteiger partial charge in [0.25, 0.3) is 0 Å². The number of methoxy groups -OCH3 is 1. The molecule has 0 saturated carbocycles. The first-order chi connectivity index (χ1) is 9.79. The number of carbonyl (C=O) groups is 1. The lowest BCUT2D eigenvalue weighted by Gasteiger charge is -2.24. The first kappa shape index (κ1) is 13.8. The number of hydrogen-bond acceptors (Lipinski definition) is 6. The predicted molar refractivity (Wildman–Crippen MR) is 77.8 cm³/mol. The van der Waals surface area contributed by atoms with E-state index < -0.39 is 0 Å². The van der Waals surface area contributed by atoms with Gasteiger partial charge in [0.2, 0.25) is 0 Å². The zero-order valence-electron chi connectivity index (χ0n) is 11.6. The lowest BCUT2D eigenvalue weighted by Crippen LogP contribution is -2.29. The van der Waals surface area contributed by atoms with Crippen molar-refractivity contribution in [1.82, 2.24) is 15.3 Å². The van der Waals surface area contributed by atoms with Crippen LogP contribution in [0.5, 0.6) is 0 Å². The molecule has 0 bridgehead atoms. The van der Waals surface area contributed by atoms with Crippen LogP contribution in [0.3, 0.4) is 0 Å². The molecule has 1 N–H and O–H groups in total. The van der Waals surface area contributed by atoms with Crippen molar-refractivity contribution >= 4 is 17.7 Å². The van der Waals surface area contributed by atoms with E-state index in [0.717, 1.165) is 42.2 Å². The van der Waals surface area contributed by atoms with Gasteiger partial charge >= 0.3 is 5.97 Å². The van der Waals surface area contributed by atoms with Crippen molar-refractivity contribution < 1.29 is 9.53 Å². The molecule has 5 nitrogen and oxygen atoms in total. The number of thioether (sulfide) groups is 1. The fourth-order valence-corrected chi connectivity index (χ4v) is 3.98. The standard InChI is InChI=1S/C14H19N3O2S/c1-19-14(18)12-9-5-6-15-8-10(9)16-13(17-12)11-4-2-3-7-20-11/h11,15H,2-8H2,1H3. The van der Waals surface area contributed by atoms with E-state index in [-0.39, 0.29) is 5.97 Å². The van der Waals surface area contributed by atoms with E-state index in [0.29, 0.717) is 17.5 Å². The van der Waals surface area contributed by atoms with Crippen molar-refractivity contribution in [3.63, 3.8) is 0 Å². The van der Waals surface area contributed by atoms with Gasteiger partial charge in [-0.05, 0) is 31.6 Å². The normalized spacial score (nSPS) is 22.1. The number of rotatable bonds is 2. The summed E-state index contributed by atoms with van der Waals surface area (Å²) in [4.78, 5) is 21.2. The molecular weight excluding hydrogens is 274 g/mol. The fourth-order valence-electron chi connectivity index (χ4n) is 2.73. The molecular formula is C14H19N3O2S. The van der Waals surface area contributed by atoms with Gasteiger partial charge in [-0.2, -0.15) is 11.8 Å². The van der Waals surface area contributed by atoms with Crippen molar-refractivity contribution in [2.45, 2.75) is 37.5 Å². The highest BCUT2D eigenvalue weighted by Gasteiger charge is 2.26. The molecule has 20 heavy (non-hydrogen) atoms. The molecule has 2 aliphatic rings. The Labute approximate surface area is 122 Å². The Bertz CT molecular complexity index is 515. The third kappa shape index (κ3) is 2.67. The summed E-state index contributed by atoms with van der Waals surface area (Å²) in [5.74, 6) is 1.61. The molecule has 1 aromatic rings. The van der Waals surface area contributed by atoms with Crippen molar-refractivity contribution in [3.05, 3.63) is 22.8 Å². The lowest BCUT2D eigenvalue weighted by molar-refractivity contribution is 0.0591. The van der Waals surface area contributed by atoms with Gasteiger partial charge in [-0.3, -0.25) is 0 Å². The number of nitrogens with one attached hydrogen (secondary N) is 1. The molecule has 0 amide bonds. The molecule has 3 rings (SSSR count). The maximum atomic E-state index is 12.0. The van der Waals surface area contributed by atoms with Gasteiger partial charge in [0.15, 0.2) is 5.69 Å². The second-order valence-electron chi connectivity index (χ2n) is 5.13. The molecule has 3 heterocycles.